The highest BCUT2D eigenvalue weighted by Gasteiger charge is 2.43. The smallest absolute Gasteiger partial charge is 0.250 e. The predicted molar refractivity (Wildman–Crippen MR) is 95.9 cm³/mol. The minimum atomic E-state index is -0.948. The molecule has 0 saturated carbocycles. The number of amides is 2. The van der Waals surface area contributed by atoms with Crippen LogP contribution >= 0.6 is 11.3 Å². The van der Waals surface area contributed by atoms with Gasteiger partial charge in [0, 0.05) is 18.3 Å². The first kappa shape index (κ1) is 16.7. The average molecular weight is 342 g/mol. The highest BCUT2D eigenvalue weighted by molar-refractivity contribution is 7.09. The van der Waals surface area contributed by atoms with Crippen molar-refractivity contribution in [2.45, 2.75) is 38.1 Å². The van der Waals surface area contributed by atoms with E-state index in [0.29, 0.717) is 13.0 Å². The lowest BCUT2D eigenvalue weighted by Crippen LogP contribution is -2.57. The Hall–Kier alpha value is -2.14. The van der Waals surface area contributed by atoms with Crippen LogP contribution in [-0.2, 0) is 28.0 Å². The van der Waals surface area contributed by atoms with Crippen LogP contribution in [0.25, 0.3) is 0 Å². The summed E-state index contributed by atoms with van der Waals surface area (Å²) >= 11 is 1.69. The van der Waals surface area contributed by atoms with Gasteiger partial charge in [-0.05, 0) is 48.3 Å². The molecule has 0 fully saturated rings. The van der Waals surface area contributed by atoms with Crippen LogP contribution in [0.5, 0.6) is 0 Å². The first-order chi connectivity index (χ1) is 11.6. The van der Waals surface area contributed by atoms with Gasteiger partial charge in [-0.15, -0.1) is 11.3 Å². The van der Waals surface area contributed by atoms with Crippen molar-refractivity contribution in [3.8, 4) is 0 Å². The van der Waals surface area contributed by atoms with Crippen molar-refractivity contribution >= 4 is 23.2 Å². The van der Waals surface area contributed by atoms with Gasteiger partial charge in [-0.3, -0.25) is 9.59 Å². The van der Waals surface area contributed by atoms with Crippen molar-refractivity contribution in [3.63, 3.8) is 0 Å². The molecule has 1 aromatic heterocycles. The molecule has 0 bridgehead atoms. The van der Waals surface area contributed by atoms with Crippen LogP contribution < -0.4 is 10.6 Å². The molecular formula is C19H22N2O2S. The highest BCUT2D eigenvalue weighted by atomic mass is 32.1. The van der Waals surface area contributed by atoms with Gasteiger partial charge >= 0.3 is 0 Å². The third-order valence-electron chi connectivity index (χ3n) is 4.49. The summed E-state index contributed by atoms with van der Waals surface area (Å²) in [5, 5.41) is 8.01. The van der Waals surface area contributed by atoms with Crippen LogP contribution in [0.3, 0.4) is 0 Å². The molecule has 1 aromatic carbocycles. The first-order valence-electron chi connectivity index (χ1n) is 8.29. The van der Waals surface area contributed by atoms with Crippen molar-refractivity contribution in [2.75, 3.05) is 6.54 Å². The summed E-state index contributed by atoms with van der Waals surface area (Å²) in [6, 6.07) is 12.0. The third-order valence-corrected chi connectivity index (χ3v) is 5.43. The van der Waals surface area contributed by atoms with E-state index in [4.69, 9.17) is 0 Å². The van der Waals surface area contributed by atoms with E-state index in [-0.39, 0.29) is 11.8 Å². The normalized spacial score (nSPS) is 19.4. The number of thiophene rings is 1. The van der Waals surface area contributed by atoms with Crippen LogP contribution in [0.15, 0.2) is 41.8 Å². The number of carbonyl (C=O) groups excluding carboxylic acids is 2. The van der Waals surface area contributed by atoms with Crippen LogP contribution in [-0.4, -0.2) is 18.4 Å². The molecule has 1 unspecified atom stereocenters. The molecule has 2 N–H and O–H groups in total. The van der Waals surface area contributed by atoms with E-state index in [0.717, 1.165) is 30.4 Å². The lowest BCUT2D eigenvalue weighted by Gasteiger charge is -2.38. The maximum Gasteiger partial charge on any atom is 0.250 e. The van der Waals surface area contributed by atoms with Gasteiger partial charge in [-0.25, -0.2) is 0 Å². The van der Waals surface area contributed by atoms with Gasteiger partial charge in [0.2, 0.25) is 11.8 Å². The number of rotatable bonds is 5. The Kier molecular flexibility index (Phi) is 5.00. The van der Waals surface area contributed by atoms with Gasteiger partial charge in [0.25, 0.3) is 0 Å². The van der Waals surface area contributed by atoms with Crippen molar-refractivity contribution in [1.29, 1.82) is 0 Å². The lowest BCUT2D eigenvalue weighted by atomic mass is 9.75. The quantitative estimate of drug-likeness (QED) is 0.878. The average Bonchev–Trinajstić information content (AvgIpc) is 3.08. The molecule has 2 amide bonds. The molecule has 5 heteroatoms. The largest absolute Gasteiger partial charge is 0.353 e. The maximum absolute atomic E-state index is 13.0. The summed E-state index contributed by atoms with van der Waals surface area (Å²) in [4.78, 5) is 26.1. The van der Waals surface area contributed by atoms with E-state index in [1.807, 2.05) is 35.7 Å². The van der Waals surface area contributed by atoms with Crippen LogP contribution in [0.1, 0.15) is 35.8 Å². The number of aryl methyl sites for hydroxylation is 1. The van der Waals surface area contributed by atoms with Crippen molar-refractivity contribution in [2.24, 2.45) is 0 Å². The Bertz CT molecular complexity index is 727. The van der Waals surface area contributed by atoms with Gasteiger partial charge < -0.3 is 10.6 Å². The number of hydrogen-bond donors (Lipinski definition) is 2. The minimum absolute atomic E-state index is 0.110. The number of carbonyl (C=O) groups is 2. The first-order valence-corrected chi connectivity index (χ1v) is 9.17. The van der Waals surface area contributed by atoms with Crippen LogP contribution in [0.2, 0.25) is 0 Å². The van der Waals surface area contributed by atoms with E-state index in [1.54, 1.807) is 11.3 Å². The Morgan fingerprint density at radius 1 is 1.21 bits per heavy atom. The van der Waals surface area contributed by atoms with Crippen molar-refractivity contribution in [1.82, 2.24) is 10.6 Å². The van der Waals surface area contributed by atoms with Gasteiger partial charge in [0.1, 0.15) is 5.54 Å². The standard InChI is InChI=1S/C19H22N2O2S/c1-14(22)21-19(11-4-7-15-6-2-3-9-17(15)19)18(23)20-12-10-16-8-5-13-24-16/h2-3,5-6,8-9,13H,4,7,10-12H2,1H3,(H,20,23)(H,21,22). The van der Waals surface area contributed by atoms with Gasteiger partial charge in [0.15, 0.2) is 0 Å². The molecule has 126 valence electrons. The zero-order chi connectivity index (χ0) is 17.0. The Balaban J connectivity index is 1.81. The molecule has 4 nitrogen and oxygen atoms in total. The van der Waals surface area contributed by atoms with Gasteiger partial charge in [-0.2, -0.15) is 0 Å². The molecule has 24 heavy (non-hydrogen) atoms. The number of hydrogen-bond acceptors (Lipinski definition) is 3. The molecule has 1 aliphatic rings. The summed E-state index contributed by atoms with van der Waals surface area (Å²) in [7, 11) is 0. The molecule has 0 spiro atoms. The molecule has 0 saturated heterocycles. The van der Waals surface area contributed by atoms with Crippen LogP contribution in [0.4, 0.5) is 0 Å². The SMILES string of the molecule is CC(=O)NC1(C(=O)NCCc2cccs2)CCCc2ccccc21. The second-order valence-electron chi connectivity index (χ2n) is 6.18. The third kappa shape index (κ3) is 3.36. The van der Waals surface area contributed by atoms with E-state index in [1.165, 1.54) is 11.8 Å². The Morgan fingerprint density at radius 3 is 2.79 bits per heavy atom. The maximum atomic E-state index is 13.0. The molecule has 0 aliphatic heterocycles. The fourth-order valence-electron chi connectivity index (χ4n) is 3.46. The fourth-order valence-corrected chi connectivity index (χ4v) is 4.17. The number of fused-ring (bicyclic) bond motifs is 1. The molecule has 0 radical (unpaired) electrons. The second-order valence-corrected chi connectivity index (χ2v) is 7.21. The molecule has 3 rings (SSSR count). The van der Waals surface area contributed by atoms with Gasteiger partial charge in [0.05, 0.1) is 0 Å². The number of nitrogens with one attached hydrogen (secondary N) is 2. The summed E-state index contributed by atoms with van der Waals surface area (Å²) < 4.78 is 0. The highest BCUT2D eigenvalue weighted by Crippen LogP contribution is 2.35. The molecule has 1 aliphatic carbocycles. The summed E-state index contributed by atoms with van der Waals surface area (Å²) in [6.45, 7) is 2.04. The number of benzene rings is 1. The lowest BCUT2D eigenvalue weighted by molar-refractivity contribution is -0.134. The van der Waals surface area contributed by atoms with Crippen molar-refractivity contribution < 1.29 is 9.59 Å². The van der Waals surface area contributed by atoms with E-state index >= 15 is 0 Å². The summed E-state index contributed by atoms with van der Waals surface area (Å²) in [6.07, 6.45) is 3.27. The van der Waals surface area contributed by atoms with E-state index in [2.05, 4.69) is 16.7 Å². The zero-order valence-electron chi connectivity index (χ0n) is 13.8. The molecule has 2 aromatic rings. The predicted octanol–water partition coefficient (Wildman–Crippen LogP) is 2.77. The van der Waals surface area contributed by atoms with Crippen LogP contribution in [0, 0.1) is 0 Å². The summed E-state index contributed by atoms with van der Waals surface area (Å²) in [5.41, 5.74) is 1.13. The monoisotopic (exact) mass is 342 g/mol. The zero-order valence-corrected chi connectivity index (χ0v) is 14.6. The van der Waals surface area contributed by atoms with E-state index in [9.17, 15) is 9.59 Å². The second kappa shape index (κ2) is 7.18. The topological polar surface area (TPSA) is 58.2 Å². The Morgan fingerprint density at radius 2 is 2.04 bits per heavy atom. The molecular weight excluding hydrogens is 320 g/mol. The summed E-state index contributed by atoms with van der Waals surface area (Å²) in [5.74, 6) is -0.290. The molecule has 1 heterocycles. The Labute approximate surface area is 146 Å². The van der Waals surface area contributed by atoms with E-state index < -0.39 is 5.54 Å². The molecule has 1 atom stereocenters. The van der Waals surface area contributed by atoms with Gasteiger partial charge in [-0.1, -0.05) is 30.3 Å². The van der Waals surface area contributed by atoms with Crippen molar-refractivity contribution in [3.05, 3.63) is 57.8 Å². The minimum Gasteiger partial charge on any atom is -0.353 e. The fraction of sp³-hybridized carbons (Fsp3) is 0.368.